The Morgan fingerprint density at radius 3 is 2.43 bits per heavy atom. The summed E-state index contributed by atoms with van der Waals surface area (Å²) < 4.78 is 15.2. The Balaban J connectivity index is 2.41. The van der Waals surface area contributed by atoms with Gasteiger partial charge in [0, 0.05) is 17.3 Å². The molecule has 0 radical (unpaired) electrons. The molecule has 0 saturated heterocycles. The van der Waals surface area contributed by atoms with Gasteiger partial charge >= 0.3 is 0 Å². The Labute approximate surface area is 122 Å². The van der Waals surface area contributed by atoms with Crippen LogP contribution in [0, 0.1) is 5.82 Å². The van der Waals surface area contributed by atoms with Crippen molar-refractivity contribution in [2.24, 2.45) is 0 Å². The Morgan fingerprint density at radius 2 is 1.81 bits per heavy atom. The largest absolute Gasteiger partial charge is 0.316 e. The highest BCUT2D eigenvalue weighted by Gasteiger charge is 2.20. The lowest BCUT2D eigenvalue weighted by molar-refractivity contribution is 0.112. The zero-order valence-electron chi connectivity index (χ0n) is 12.0. The molecule has 3 heteroatoms. The number of rotatable bonds is 3. The zero-order chi connectivity index (χ0) is 15.0. The number of aromatic nitrogens is 1. The quantitative estimate of drug-likeness (QED) is 0.639. The van der Waals surface area contributed by atoms with Gasteiger partial charge < -0.3 is 4.40 Å². The minimum Gasteiger partial charge on any atom is -0.316 e. The molecule has 0 saturated carbocycles. The number of pyridine rings is 1. The molecule has 3 aromatic rings. The van der Waals surface area contributed by atoms with Crippen LogP contribution < -0.4 is 0 Å². The molecule has 2 heterocycles. The highest BCUT2D eigenvalue weighted by molar-refractivity contribution is 5.93. The lowest BCUT2D eigenvalue weighted by atomic mass is 9.97. The molecule has 0 aliphatic heterocycles. The summed E-state index contributed by atoms with van der Waals surface area (Å²) in [5.74, 6) is -0.0480. The molecule has 0 spiro atoms. The second-order valence-electron chi connectivity index (χ2n) is 5.41. The van der Waals surface area contributed by atoms with E-state index in [4.69, 9.17) is 0 Å². The molecule has 2 aromatic heterocycles. The lowest BCUT2D eigenvalue weighted by Crippen LogP contribution is -1.92. The van der Waals surface area contributed by atoms with Crippen LogP contribution in [0.1, 0.15) is 35.7 Å². The van der Waals surface area contributed by atoms with Crippen molar-refractivity contribution < 1.29 is 9.18 Å². The molecular weight excluding hydrogens is 265 g/mol. The molecule has 21 heavy (non-hydrogen) atoms. The number of carbonyl (C=O) groups is 1. The predicted octanol–water partition coefficient (Wildman–Crippen LogP) is 4.68. The summed E-state index contributed by atoms with van der Waals surface area (Å²) >= 11 is 0. The SMILES string of the molecule is CC(C)c1c(C=O)c(-c2ccc(F)cc2)n2ccccc12. The number of fused-ring (bicyclic) bond motifs is 1. The van der Waals surface area contributed by atoms with Gasteiger partial charge in [-0.1, -0.05) is 19.9 Å². The summed E-state index contributed by atoms with van der Waals surface area (Å²) in [6, 6.07) is 12.2. The summed E-state index contributed by atoms with van der Waals surface area (Å²) in [4.78, 5) is 11.7. The summed E-state index contributed by atoms with van der Waals surface area (Å²) in [7, 11) is 0. The van der Waals surface area contributed by atoms with Crippen LogP contribution in [-0.4, -0.2) is 10.7 Å². The third-order valence-electron chi connectivity index (χ3n) is 3.73. The smallest absolute Gasteiger partial charge is 0.152 e. The summed E-state index contributed by atoms with van der Waals surface area (Å²) in [6.45, 7) is 4.15. The minimum absolute atomic E-state index is 0.233. The van der Waals surface area contributed by atoms with Gasteiger partial charge in [0.2, 0.25) is 0 Å². The van der Waals surface area contributed by atoms with E-state index in [-0.39, 0.29) is 11.7 Å². The fourth-order valence-electron chi connectivity index (χ4n) is 2.88. The third kappa shape index (κ3) is 2.15. The van der Waals surface area contributed by atoms with Gasteiger partial charge in [-0.15, -0.1) is 0 Å². The first-order valence-corrected chi connectivity index (χ1v) is 6.97. The summed E-state index contributed by atoms with van der Waals surface area (Å²) in [5.41, 5.74) is 4.40. The lowest BCUT2D eigenvalue weighted by Gasteiger charge is -2.05. The number of aldehydes is 1. The molecule has 0 aliphatic rings. The van der Waals surface area contributed by atoms with Crippen molar-refractivity contribution in [1.29, 1.82) is 0 Å². The van der Waals surface area contributed by atoms with Crippen molar-refractivity contribution in [2.45, 2.75) is 19.8 Å². The van der Waals surface area contributed by atoms with Gasteiger partial charge in [-0.3, -0.25) is 4.79 Å². The van der Waals surface area contributed by atoms with Gasteiger partial charge in [-0.25, -0.2) is 4.39 Å². The van der Waals surface area contributed by atoms with E-state index in [9.17, 15) is 9.18 Å². The number of hydrogen-bond acceptors (Lipinski definition) is 1. The molecule has 0 aliphatic carbocycles. The van der Waals surface area contributed by atoms with Crippen molar-refractivity contribution in [3.8, 4) is 11.3 Å². The van der Waals surface area contributed by atoms with Crippen LogP contribution in [-0.2, 0) is 0 Å². The highest BCUT2D eigenvalue weighted by atomic mass is 19.1. The van der Waals surface area contributed by atoms with E-state index in [1.54, 1.807) is 12.1 Å². The average Bonchev–Trinajstić information content (AvgIpc) is 2.82. The Bertz CT molecular complexity index is 800. The maximum absolute atomic E-state index is 13.2. The van der Waals surface area contributed by atoms with Crippen LogP contribution in [0.25, 0.3) is 16.8 Å². The number of carbonyl (C=O) groups excluding carboxylic acids is 1. The van der Waals surface area contributed by atoms with E-state index in [1.807, 2.05) is 28.8 Å². The first kappa shape index (κ1) is 13.6. The molecule has 0 N–H and O–H groups in total. The number of benzene rings is 1. The maximum Gasteiger partial charge on any atom is 0.152 e. The molecule has 1 aromatic carbocycles. The van der Waals surface area contributed by atoms with E-state index in [0.29, 0.717) is 5.56 Å². The predicted molar refractivity (Wildman–Crippen MR) is 82.3 cm³/mol. The maximum atomic E-state index is 13.2. The van der Waals surface area contributed by atoms with Crippen molar-refractivity contribution in [3.05, 3.63) is 65.6 Å². The fraction of sp³-hybridized carbons (Fsp3) is 0.167. The third-order valence-corrected chi connectivity index (χ3v) is 3.73. The topological polar surface area (TPSA) is 21.5 Å². The first-order valence-electron chi connectivity index (χ1n) is 6.97. The van der Waals surface area contributed by atoms with Crippen LogP contribution in [0.15, 0.2) is 48.7 Å². The molecule has 106 valence electrons. The summed E-state index contributed by atoms with van der Waals surface area (Å²) in [5, 5.41) is 0. The normalized spacial score (nSPS) is 11.2. The van der Waals surface area contributed by atoms with Gasteiger partial charge in [-0.2, -0.15) is 0 Å². The molecule has 3 rings (SSSR count). The second kappa shape index (κ2) is 5.17. The van der Waals surface area contributed by atoms with Crippen LogP contribution >= 0.6 is 0 Å². The minimum atomic E-state index is -0.281. The molecule has 0 bridgehead atoms. The molecule has 0 atom stereocenters. The number of hydrogen-bond donors (Lipinski definition) is 0. The Morgan fingerprint density at radius 1 is 1.10 bits per heavy atom. The van der Waals surface area contributed by atoms with Gasteiger partial charge in [0.05, 0.1) is 5.69 Å². The van der Waals surface area contributed by atoms with Crippen LogP contribution in [0.3, 0.4) is 0 Å². The Kier molecular flexibility index (Phi) is 3.34. The molecular formula is C18H16FNO. The molecule has 2 nitrogen and oxygen atoms in total. The first-order chi connectivity index (χ1) is 10.1. The molecule has 0 unspecified atom stereocenters. The van der Waals surface area contributed by atoms with Crippen molar-refractivity contribution in [1.82, 2.24) is 4.40 Å². The average molecular weight is 281 g/mol. The van der Waals surface area contributed by atoms with Crippen LogP contribution in [0.4, 0.5) is 4.39 Å². The standard InChI is InChI=1S/C18H16FNO/c1-12(2)17-15(11-21)18(13-6-8-14(19)9-7-13)20-10-4-3-5-16(17)20/h3-12H,1-2H3. The molecule has 0 fully saturated rings. The molecule has 0 amide bonds. The highest BCUT2D eigenvalue weighted by Crippen LogP contribution is 2.34. The summed E-state index contributed by atoms with van der Waals surface area (Å²) in [6.07, 6.45) is 2.84. The van der Waals surface area contributed by atoms with E-state index in [1.165, 1.54) is 12.1 Å². The zero-order valence-corrected chi connectivity index (χ0v) is 12.0. The van der Waals surface area contributed by atoms with E-state index in [2.05, 4.69) is 13.8 Å². The van der Waals surface area contributed by atoms with E-state index in [0.717, 1.165) is 28.6 Å². The van der Waals surface area contributed by atoms with Crippen molar-refractivity contribution in [3.63, 3.8) is 0 Å². The van der Waals surface area contributed by atoms with Gasteiger partial charge in [0.25, 0.3) is 0 Å². The van der Waals surface area contributed by atoms with Crippen LogP contribution in [0.2, 0.25) is 0 Å². The number of halogens is 1. The van der Waals surface area contributed by atoms with Gasteiger partial charge in [-0.05, 0) is 53.4 Å². The second-order valence-corrected chi connectivity index (χ2v) is 5.41. The Hall–Kier alpha value is -2.42. The van der Waals surface area contributed by atoms with Crippen LogP contribution in [0.5, 0.6) is 0 Å². The van der Waals surface area contributed by atoms with Crippen molar-refractivity contribution in [2.75, 3.05) is 0 Å². The van der Waals surface area contributed by atoms with Gasteiger partial charge in [0.15, 0.2) is 6.29 Å². The van der Waals surface area contributed by atoms with E-state index < -0.39 is 0 Å². The van der Waals surface area contributed by atoms with E-state index >= 15 is 0 Å². The number of nitrogens with zero attached hydrogens (tertiary/aromatic N) is 1. The monoisotopic (exact) mass is 281 g/mol. The fourth-order valence-corrected chi connectivity index (χ4v) is 2.88. The van der Waals surface area contributed by atoms with Crippen molar-refractivity contribution >= 4 is 11.8 Å². The van der Waals surface area contributed by atoms with Gasteiger partial charge in [0.1, 0.15) is 5.82 Å².